The van der Waals surface area contributed by atoms with E-state index >= 15 is 0 Å². The molecule has 0 fully saturated rings. The number of aromatic nitrogens is 2. The van der Waals surface area contributed by atoms with Crippen molar-refractivity contribution < 1.29 is 14.7 Å². The van der Waals surface area contributed by atoms with Gasteiger partial charge in [-0.2, -0.15) is 0 Å². The van der Waals surface area contributed by atoms with Crippen molar-refractivity contribution in [2.24, 2.45) is 5.92 Å². The minimum absolute atomic E-state index is 0.147. The Hall–Kier alpha value is -3.45. The zero-order valence-corrected chi connectivity index (χ0v) is 16.8. The largest absolute Gasteiger partial charge is 0.481 e. The fourth-order valence-corrected chi connectivity index (χ4v) is 3.48. The van der Waals surface area contributed by atoms with Gasteiger partial charge in [-0.05, 0) is 60.9 Å². The Kier molecular flexibility index (Phi) is 5.13. The SMILES string of the molecule is CC(C(=O)O)C(=O)Nc1ccc2c(=O)n3c(nc2c1)C(=Cc1ccc(Cl)cc1)CC3. The molecule has 1 amide bonds. The molecule has 2 N–H and O–H groups in total. The second kappa shape index (κ2) is 7.76. The van der Waals surface area contributed by atoms with Crippen molar-refractivity contribution in [1.29, 1.82) is 0 Å². The van der Waals surface area contributed by atoms with E-state index in [9.17, 15) is 14.4 Å². The average molecular weight is 424 g/mol. The monoisotopic (exact) mass is 423 g/mol. The van der Waals surface area contributed by atoms with Crippen molar-refractivity contribution in [3.63, 3.8) is 0 Å². The van der Waals surface area contributed by atoms with Crippen LogP contribution >= 0.6 is 11.6 Å². The molecule has 0 bridgehead atoms. The summed E-state index contributed by atoms with van der Waals surface area (Å²) in [6, 6.07) is 12.2. The zero-order valence-electron chi connectivity index (χ0n) is 16.1. The molecule has 1 aliphatic rings. The molecule has 8 heteroatoms. The first kappa shape index (κ1) is 19.8. The Morgan fingerprint density at radius 3 is 2.67 bits per heavy atom. The Labute approximate surface area is 176 Å². The molecule has 0 aliphatic carbocycles. The summed E-state index contributed by atoms with van der Waals surface area (Å²) >= 11 is 5.94. The van der Waals surface area contributed by atoms with Crippen LogP contribution in [-0.4, -0.2) is 26.5 Å². The molecule has 152 valence electrons. The number of hydrogen-bond acceptors (Lipinski definition) is 4. The summed E-state index contributed by atoms with van der Waals surface area (Å²) in [6.45, 7) is 1.86. The van der Waals surface area contributed by atoms with Crippen LogP contribution in [-0.2, 0) is 16.1 Å². The fourth-order valence-electron chi connectivity index (χ4n) is 3.36. The Morgan fingerprint density at radius 2 is 1.97 bits per heavy atom. The molecule has 1 aromatic heterocycles. The third-order valence-electron chi connectivity index (χ3n) is 5.09. The standard InChI is InChI=1S/C22H18ClN3O4/c1-12(22(29)30)20(27)24-16-6-7-17-18(11-16)25-19-14(8-9-26(19)21(17)28)10-13-2-4-15(23)5-3-13/h2-7,10-12H,8-9H2,1H3,(H,24,27)(H,29,30). The first-order valence-corrected chi connectivity index (χ1v) is 9.76. The van der Waals surface area contributed by atoms with Gasteiger partial charge < -0.3 is 10.4 Å². The van der Waals surface area contributed by atoms with Crippen molar-refractivity contribution in [1.82, 2.24) is 9.55 Å². The first-order valence-electron chi connectivity index (χ1n) is 9.38. The van der Waals surface area contributed by atoms with Gasteiger partial charge in [0, 0.05) is 17.3 Å². The number of carboxylic acids is 1. The second-order valence-corrected chi connectivity index (χ2v) is 7.58. The lowest BCUT2D eigenvalue weighted by atomic mass is 10.1. The number of anilines is 1. The average Bonchev–Trinajstić information content (AvgIpc) is 3.11. The summed E-state index contributed by atoms with van der Waals surface area (Å²) in [7, 11) is 0. The number of fused-ring (bicyclic) bond motifs is 2. The van der Waals surface area contributed by atoms with Crippen LogP contribution in [0.1, 0.15) is 24.7 Å². The van der Waals surface area contributed by atoms with E-state index < -0.39 is 17.8 Å². The van der Waals surface area contributed by atoms with E-state index in [-0.39, 0.29) is 5.56 Å². The smallest absolute Gasteiger partial charge is 0.315 e. The highest BCUT2D eigenvalue weighted by molar-refractivity contribution is 6.30. The summed E-state index contributed by atoms with van der Waals surface area (Å²) in [5.41, 5.74) is 2.58. The Balaban J connectivity index is 1.73. The lowest BCUT2D eigenvalue weighted by Gasteiger charge is -2.10. The number of carbonyl (C=O) groups excluding carboxylic acids is 1. The van der Waals surface area contributed by atoms with Crippen LogP contribution < -0.4 is 10.9 Å². The summed E-state index contributed by atoms with van der Waals surface area (Å²) < 4.78 is 1.65. The second-order valence-electron chi connectivity index (χ2n) is 7.14. The van der Waals surface area contributed by atoms with Gasteiger partial charge in [0.05, 0.1) is 10.9 Å². The number of carbonyl (C=O) groups is 2. The predicted molar refractivity (Wildman–Crippen MR) is 115 cm³/mol. The summed E-state index contributed by atoms with van der Waals surface area (Å²) in [5.74, 6) is -2.44. The zero-order chi connectivity index (χ0) is 21.4. The number of halogens is 1. The summed E-state index contributed by atoms with van der Waals surface area (Å²) in [6.07, 6.45) is 2.66. The molecule has 30 heavy (non-hydrogen) atoms. The van der Waals surface area contributed by atoms with E-state index in [0.717, 1.165) is 11.1 Å². The highest BCUT2D eigenvalue weighted by Crippen LogP contribution is 2.28. The normalized spacial score (nSPS) is 15.2. The number of hydrogen-bond donors (Lipinski definition) is 2. The fraction of sp³-hybridized carbons (Fsp3) is 0.182. The summed E-state index contributed by atoms with van der Waals surface area (Å²) in [5, 5.41) is 12.6. The van der Waals surface area contributed by atoms with Crippen molar-refractivity contribution in [3.8, 4) is 0 Å². The maximum atomic E-state index is 12.9. The van der Waals surface area contributed by atoms with Crippen LogP contribution in [0.5, 0.6) is 0 Å². The molecule has 4 rings (SSSR count). The Bertz CT molecular complexity index is 1260. The molecule has 2 aromatic carbocycles. The minimum atomic E-state index is -1.21. The van der Waals surface area contributed by atoms with Crippen molar-refractivity contribution in [2.75, 3.05) is 5.32 Å². The molecule has 0 spiro atoms. The number of benzene rings is 2. The van der Waals surface area contributed by atoms with Crippen molar-refractivity contribution in [3.05, 3.63) is 69.2 Å². The van der Waals surface area contributed by atoms with Gasteiger partial charge in [0.25, 0.3) is 5.56 Å². The molecule has 0 saturated heterocycles. The van der Waals surface area contributed by atoms with Gasteiger partial charge in [0.15, 0.2) is 0 Å². The van der Waals surface area contributed by atoms with Gasteiger partial charge in [-0.3, -0.25) is 19.0 Å². The van der Waals surface area contributed by atoms with Crippen molar-refractivity contribution >= 4 is 51.7 Å². The van der Waals surface area contributed by atoms with Crippen LogP contribution in [0.2, 0.25) is 5.02 Å². The number of rotatable bonds is 4. The minimum Gasteiger partial charge on any atom is -0.481 e. The molecule has 7 nitrogen and oxygen atoms in total. The van der Waals surface area contributed by atoms with Crippen LogP contribution in [0.25, 0.3) is 22.6 Å². The van der Waals surface area contributed by atoms with Gasteiger partial charge in [-0.15, -0.1) is 0 Å². The maximum Gasteiger partial charge on any atom is 0.315 e. The lowest BCUT2D eigenvalue weighted by molar-refractivity contribution is -0.144. The predicted octanol–water partition coefficient (Wildman–Crippen LogP) is 3.65. The molecule has 3 aromatic rings. The van der Waals surface area contributed by atoms with Gasteiger partial charge in [-0.1, -0.05) is 23.7 Å². The van der Waals surface area contributed by atoms with Gasteiger partial charge >= 0.3 is 5.97 Å². The highest BCUT2D eigenvalue weighted by atomic mass is 35.5. The van der Waals surface area contributed by atoms with Crippen LogP contribution in [0, 0.1) is 5.92 Å². The van der Waals surface area contributed by atoms with E-state index in [2.05, 4.69) is 10.3 Å². The number of aliphatic carboxylic acids is 1. The topological polar surface area (TPSA) is 101 Å². The van der Waals surface area contributed by atoms with E-state index in [4.69, 9.17) is 16.7 Å². The van der Waals surface area contributed by atoms with Gasteiger partial charge in [0.1, 0.15) is 11.7 Å². The van der Waals surface area contributed by atoms with Crippen molar-refractivity contribution in [2.45, 2.75) is 19.9 Å². The van der Waals surface area contributed by atoms with E-state index in [1.54, 1.807) is 34.9 Å². The molecular weight excluding hydrogens is 406 g/mol. The Morgan fingerprint density at radius 1 is 1.23 bits per heavy atom. The van der Waals surface area contributed by atoms with Crippen LogP contribution in [0.3, 0.4) is 0 Å². The van der Waals surface area contributed by atoms with E-state index in [1.165, 1.54) is 6.92 Å². The molecule has 0 saturated carbocycles. The highest BCUT2D eigenvalue weighted by Gasteiger charge is 2.23. The number of nitrogens with zero attached hydrogens (tertiary/aromatic N) is 2. The summed E-state index contributed by atoms with van der Waals surface area (Å²) in [4.78, 5) is 40.6. The number of nitrogens with one attached hydrogen (secondary N) is 1. The molecule has 1 atom stereocenters. The van der Waals surface area contributed by atoms with E-state index in [0.29, 0.717) is 40.4 Å². The molecule has 1 unspecified atom stereocenters. The quantitative estimate of drug-likeness (QED) is 0.623. The molecule has 2 heterocycles. The third kappa shape index (κ3) is 3.71. The molecule has 1 aliphatic heterocycles. The van der Waals surface area contributed by atoms with Crippen LogP contribution in [0.4, 0.5) is 5.69 Å². The molecular formula is C22H18ClN3O4. The number of carboxylic acid groups (broad SMARTS) is 1. The third-order valence-corrected chi connectivity index (χ3v) is 5.34. The number of allylic oxidation sites excluding steroid dienone is 1. The van der Waals surface area contributed by atoms with E-state index in [1.807, 2.05) is 18.2 Å². The first-order chi connectivity index (χ1) is 14.3. The molecule has 0 radical (unpaired) electrons. The van der Waals surface area contributed by atoms with Gasteiger partial charge in [-0.25, -0.2) is 4.98 Å². The number of amides is 1. The van der Waals surface area contributed by atoms with Gasteiger partial charge in [0.2, 0.25) is 5.91 Å². The van der Waals surface area contributed by atoms with Crippen LogP contribution in [0.15, 0.2) is 47.3 Å². The maximum absolute atomic E-state index is 12.9. The lowest BCUT2D eigenvalue weighted by Crippen LogP contribution is -2.27.